The second kappa shape index (κ2) is 5.67. The normalized spacial score (nSPS) is 12.7. The van der Waals surface area contributed by atoms with Crippen LogP contribution >= 0.6 is 15.9 Å². The van der Waals surface area contributed by atoms with Gasteiger partial charge in [-0.25, -0.2) is 4.98 Å². The van der Waals surface area contributed by atoms with Gasteiger partial charge in [0.1, 0.15) is 5.82 Å². The number of nitrogens with zero attached hydrogens (tertiary/aromatic N) is 2. The van der Waals surface area contributed by atoms with Gasteiger partial charge in [-0.2, -0.15) is 0 Å². The molecule has 0 aliphatic rings. The van der Waals surface area contributed by atoms with Crippen LogP contribution in [0.4, 0.5) is 0 Å². The van der Waals surface area contributed by atoms with E-state index < -0.39 is 0 Å². The summed E-state index contributed by atoms with van der Waals surface area (Å²) in [4.78, 5) is 4.38. The van der Waals surface area contributed by atoms with Crippen molar-refractivity contribution in [1.29, 1.82) is 0 Å². The molecule has 0 aliphatic carbocycles. The van der Waals surface area contributed by atoms with Gasteiger partial charge in [0.25, 0.3) is 0 Å². The predicted molar refractivity (Wildman–Crippen MR) is 77.4 cm³/mol. The molecule has 0 fully saturated rings. The van der Waals surface area contributed by atoms with Gasteiger partial charge in [-0.3, -0.25) is 0 Å². The van der Waals surface area contributed by atoms with E-state index in [0.717, 1.165) is 23.3 Å². The highest BCUT2D eigenvalue weighted by Crippen LogP contribution is 2.25. The van der Waals surface area contributed by atoms with Crippen LogP contribution in [0.15, 0.2) is 35.1 Å². The number of imidazole rings is 1. The molecule has 0 aliphatic heterocycles. The lowest BCUT2D eigenvalue weighted by atomic mass is 9.99. The number of halogens is 1. The molecule has 2 N–H and O–H groups in total. The van der Waals surface area contributed by atoms with Crippen molar-refractivity contribution in [3.8, 4) is 0 Å². The van der Waals surface area contributed by atoms with E-state index >= 15 is 0 Å². The SMILES string of the molecule is CCn1ccnc1CC(N)c1cccc(Br)c1C. The summed E-state index contributed by atoms with van der Waals surface area (Å²) in [6.07, 6.45) is 4.59. The molecule has 1 aromatic heterocycles. The molecular formula is C14H18BrN3. The van der Waals surface area contributed by atoms with Gasteiger partial charge in [-0.15, -0.1) is 0 Å². The van der Waals surface area contributed by atoms with E-state index in [1.54, 1.807) is 0 Å². The lowest BCUT2D eigenvalue weighted by Gasteiger charge is -2.16. The van der Waals surface area contributed by atoms with Crippen LogP contribution in [0.2, 0.25) is 0 Å². The molecular weight excluding hydrogens is 290 g/mol. The first kappa shape index (κ1) is 13.3. The third-order valence-electron chi connectivity index (χ3n) is 3.25. The zero-order chi connectivity index (χ0) is 13.1. The van der Waals surface area contributed by atoms with E-state index in [-0.39, 0.29) is 6.04 Å². The first-order valence-electron chi connectivity index (χ1n) is 6.14. The molecule has 1 atom stereocenters. The molecule has 0 bridgehead atoms. The first-order chi connectivity index (χ1) is 8.63. The molecule has 0 spiro atoms. The summed E-state index contributed by atoms with van der Waals surface area (Å²) in [5.74, 6) is 1.05. The number of hydrogen-bond donors (Lipinski definition) is 1. The maximum Gasteiger partial charge on any atom is 0.110 e. The largest absolute Gasteiger partial charge is 0.335 e. The zero-order valence-electron chi connectivity index (χ0n) is 10.7. The number of rotatable bonds is 4. The molecule has 0 saturated heterocycles. The Hall–Kier alpha value is -1.13. The van der Waals surface area contributed by atoms with E-state index in [2.05, 4.69) is 45.4 Å². The minimum absolute atomic E-state index is 0.0183. The van der Waals surface area contributed by atoms with Crippen molar-refractivity contribution < 1.29 is 0 Å². The average Bonchev–Trinajstić information content (AvgIpc) is 2.79. The summed E-state index contributed by atoms with van der Waals surface area (Å²) in [7, 11) is 0. The fourth-order valence-electron chi connectivity index (χ4n) is 2.15. The topological polar surface area (TPSA) is 43.8 Å². The predicted octanol–water partition coefficient (Wildman–Crippen LogP) is 3.22. The molecule has 1 aromatic carbocycles. The molecule has 0 radical (unpaired) electrons. The average molecular weight is 308 g/mol. The number of aromatic nitrogens is 2. The molecule has 0 amide bonds. The van der Waals surface area contributed by atoms with Crippen LogP contribution in [0.5, 0.6) is 0 Å². The molecule has 1 heterocycles. The monoisotopic (exact) mass is 307 g/mol. The van der Waals surface area contributed by atoms with Crippen molar-refractivity contribution >= 4 is 15.9 Å². The van der Waals surface area contributed by atoms with Gasteiger partial charge in [-0.05, 0) is 31.0 Å². The van der Waals surface area contributed by atoms with Crippen molar-refractivity contribution in [3.05, 3.63) is 52.0 Å². The van der Waals surface area contributed by atoms with Crippen LogP contribution < -0.4 is 5.73 Å². The molecule has 3 nitrogen and oxygen atoms in total. The van der Waals surface area contributed by atoms with Gasteiger partial charge in [0.15, 0.2) is 0 Å². The lowest BCUT2D eigenvalue weighted by Crippen LogP contribution is -2.17. The van der Waals surface area contributed by atoms with Gasteiger partial charge >= 0.3 is 0 Å². The third-order valence-corrected chi connectivity index (χ3v) is 4.11. The van der Waals surface area contributed by atoms with Crippen LogP contribution in [0.25, 0.3) is 0 Å². The maximum atomic E-state index is 6.31. The molecule has 96 valence electrons. The lowest BCUT2D eigenvalue weighted by molar-refractivity contribution is 0.626. The van der Waals surface area contributed by atoms with Crippen LogP contribution in [0.3, 0.4) is 0 Å². The summed E-state index contributed by atoms with van der Waals surface area (Å²) in [5, 5.41) is 0. The number of hydrogen-bond acceptors (Lipinski definition) is 2. The quantitative estimate of drug-likeness (QED) is 0.942. The Kier molecular flexibility index (Phi) is 4.19. The molecule has 0 saturated carbocycles. The number of benzene rings is 1. The first-order valence-corrected chi connectivity index (χ1v) is 6.93. The third kappa shape index (κ3) is 2.65. The van der Waals surface area contributed by atoms with Crippen LogP contribution in [0.1, 0.15) is 29.9 Å². The Bertz CT molecular complexity index is 534. The van der Waals surface area contributed by atoms with Crippen molar-refractivity contribution in [3.63, 3.8) is 0 Å². The minimum Gasteiger partial charge on any atom is -0.335 e. The number of nitrogens with two attached hydrogens (primary N) is 1. The fraction of sp³-hybridized carbons (Fsp3) is 0.357. The molecule has 2 aromatic rings. The summed E-state index contributed by atoms with van der Waals surface area (Å²) in [5.41, 5.74) is 8.69. The summed E-state index contributed by atoms with van der Waals surface area (Å²) in [6, 6.07) is 6.14. The summed E-state index contributed by atoms with van der Waals surface area (Å²) >= 11 is 3.54. The molecule has 1 unspecified atom stereocenters. The van der Waals surface area contributed by atoms with Gasteiger partial charge in [0.2, 0.25) is 0 Å². The Morgan fingerprint density at radius 2 is 2.22 bits per heavy atom. The van der Waals surface area contributed by atoms with Crippen molar-refractivity contribution in [2.45, 2.75) is 32.9 Å². The Morgan fingerprint density at radius 1 is 1.44 bits per heavy atom. The smallest absolute Gasteiger partial charge is 0.110 e. The highest BCUT2D eigenvalue weighted by molar-refractivity contribution is 9.10. The van der Waals surface area contributed by atoms with Crippen LogP contribution in [-0.2, 0) is 13.0 Å². The van der Waals surface area contributed by atoms with Gasteiger partial charge < -0.3 is 10.3 Å². The Balaban J connectivity index is 2.22. The van der Waals surface area contributed by atoms with E-state index in [9.17, 15) is 0 Å². The van der Waals surface area contributed by atoms with Crippen LogP contribution in [-0.4, -0.2) is 9.55 Å². The highest BCUT2D eigenvalue weighted by atomic mass is 79.9. The van der Waals surface area contributed by atoms with Gasteiger partial charge in [0.05, 0.1) is 0 Å². The molecule has 4 heteroatoms. The van der Waals surface area contributed by atoms with Crippen LogP contribution in [0, 0.1) is 6.92 Å². The molecule has 2 rings (SSSR count). The zero-order valence-corrected chi connectivity index (χ0v) is 12.3. The molecule has 18 heavy (non-hydrogen) atoms. The van der Waals surface area contributed by atoms with Gasteiger partial charge in [0, 0.05) is 35.9 Å². The Morgan fingerprint density at radius 3 is 2.94 bits per heavy atom. The standard InChI is InChI=1S/C14H18BrN3/c1-3-18-8-7-17-14(18)9-13(16)11-5-4-6-12(15)10(11)2/h4-8,13H,3,9,16H2,1-2H3. The summed E-state index contributed by atoms with van der Waals surface area (Å²) in [6.45, 7) is 5.13. The van der Waals surface area contributed by atoms with E-state index in [0.29, 0.717) is 0 Å². The highest BCUT2D eigenvalue weighted by Gasteiger charge is 2.13. The fourth-order valence-corrected chi connectivity index (χ4v) is 2.53. The van der Waals surface area contributed by atoms with E-state index in [4.69, 9.17) is 5.73 Å². The second-order valence-corrected chi connectivity index (χ2v) is 5.25. The Labute approximate surface area is 116 Å². The van der Waals surface area contributed by atoms with Crippen molar-refractivity contribution in [2.24, 2.45) is 5.73 Å². The maximum absolute atomic E-state index is 6.31. The van der Waals surface area contributed by atoms with E-state index in [1.165, 1.54) is 11.1 Å². The van der Waals surface area contributed by atoms with E-state index in [1.807, 2.05) is 24.5 Å². The minimum atomic E-state index is -0.0183. The second-order valence-electron chi connectivity index (χ2n) is 4.39. The number of aryl methyl sites for hydroxylation is 1. The summed E-state index contributed by atoms with van der Waals surface area (Å²) < 4.78 is 3.24. The van der Waals surface area contributed by atoms with Gasteiger partial charge in [-0.1, -0.05) is 28.1 Å². The van der Waals surface area contributed by atoms with Crippen molar-refractivity contribution in [2.75, 3.05) is 0 Å². The van der Waals surface area contributed by atoms with Crippen molar-refractivity contribution in [1.82, 2.24) is 9.55 Å².